The zero-order valence-electron chi connectivity index (χ0n) is 15.5. The summed E-state index contributed by atoms with van der Waals surface area (Å²) in [6.07, 6.45) is 0. The van der Waals surface area contributed by atoms with Crippen LogP contribution in [0.3, 0.4) is 0 Å². The average Bonchev–Trinajstić information content (AvgIpc) is 2.92. The third-order valence-electron chi connectivity index (χ3n) is 4.77. The van der Waals surface area contributed by atoms with Gasteiger partial charge in [-0.25, -0.2) is 0 Å². The van der Waals surface area contributed by atoms with Crippen LogP contribution in [0.25, 0.3) is 0 Å². The van der Waals surface area contributed by atoms with E-state index in [1.807, 2.05) is 23.3 Å². The number of rotatable bonds is 4. The lowest BCUT2D eigenvalue weighted by Crippen LogP contribution is -2.60. The van der Waals surface area contributed by atoms with E-state index in [0.29, 0.717) is 26.3 Å². The maximum absolute atomic E-state index is 12.8. The molecule has 2 saturated heterocycles. The zero-order chi connectivity index (χ0) is 17.9. The molecular weight excluding hydrogens is 338 g/mol. The fourth-order valence-electron chi connectivity index (χ4n) is 3.42. The van der Waals surface area contributed by atoms with Crippen LogP contribution in [-0.2, 0) is 9.47 Å². The van der Waals surface area contributed by atoms with Crippen molar-refractivity contribution in [2.24, 2.45) is 0 Å². The fourth-order valence-corrected chi connectivity index (χ4v) is 4.28. The number of hydrogen-bond donors (Lipinski definition) is 0. The molecule has 3 heterocycles. The van der Waals surface area contributed by atoms with Crippen LogP contribution in [-0.4, -0.2) is 99.4 Å². The van der Waals surface area contributed by atoms with Crippen molar-refractivity contribution in [2.75, 3.05) is 73.2 Å². The molecule has 0 aromatic carbocycles. The lowest BCUT2D eigenvalue weighted by molar-refractivity contribution is -0.133. The molecule has 0 saturated carbocycles. The first-order valence-corrected chi connectivity index (χ1v) is 9.79. The summed E-state index contributed by atoms with van der Waals surface area (Å²) in [4.78, 5) is 20.2. The molecule has 2 aliphatic heterocycles. The Morgan fingerprint density at radius 3 is 2.88 bits per heavy atom. The predicted molar refractivity (Wildman–Crippen MR) is 99.5 cm³/mol. The van der Waals surface area contributed by atoms with E-state index >= 15 is 0 Å². The topological polar surface area (TPSA) is 45.3 Å². The zero-order valence-corrected chi connectivity index (χ0v) is 16.3. The summed E-state index contributed by atoms with van der Waals surface area (Å²) in [6.45, 7) is 8.83. The molecule has 1 aromatic heterocycles. The third-order valence-corrected chi connectivity index (χ3v) is 5.81. The second-order valence-electron chi connectivity index (χ2n) is 7.38. The minimum atomic E-state index is -0.414. The van der Waals surface area contributed by atoms with Crippen molar-refractivity contribution in [3.8, 4) is 0 Å². The van der Waals surface area contributed by atoms with Crippen LogP contribution in [0.5, 0.6) is 0 Å². The maximum Gasteiger partial charge on any atom is 0.264 e. The minimum absolute atomic E-state index is 0.116. The van der Waals surface area contributed by atoms with Gasteiger partial charge in [0.05, 0.1) is 31.2 Å². The molecule has 0 radical (unpaired) electrons. The first-order chi connectivity index (χ1) is 12.0. The highest BCUT2D eigenvalue weighted by Crippen LogP contribution is 2.25. The molecule has 7 heteroatoms. The van der Waals surface area contributed by atoms with Gasteiger partial charge in [-0.05, 0) is 38.0 Å². The molecule has 1 spiro atoms. The summed E-state index contributed by atoms with van der Waals surface area (Å²) in [5.41, 5.74) is 0.729. The van der Waals surface area contributed by atoms with Gasteiger partial charge in [0.2, 0.25) is 0 Å². The van der Waals surface area contributed by atoms with Crippen molar-refractivity contribution in [2.45, 2.75) is 12.5 Å². The highest BCUT2D eigenvalue weighted by Gasteiger charge is 2.41. The van der Waals surface area contributed by atoms with Gasteiger partial charge in [0.15, 0.2) is 0 Å². The van der Waals surface area contributed by atoms with Gasteiger partial charge >= 0.3 is 0 Å². The van der Waals surface area contributed by atoms with Crippen LogP contribution in [0, 0.1) is 6.92 Å². The molecule has 3 rings (SSSR count). The smallest absolute Gasteiger partial charge is 0.264 e. The summed E-state index contributed by atoms with van der Waals surface area (Å²) < 4.78 is 12.0. The van der Waals surface area contributed by atoms with E-state index in [0.717, 1.165) is 43.2 Å². The van der Waals surface area contributed by atoms with Gasteiger partial charge in [-0.15, -0.1) is 11.3 Å². The first kappa shape index (κ1) is 18.8. The van der Waals surface area contributed by atoms with E-state index in [1.54, 1.807) is 0 Å². The monoisotopic (exact) mass is 367 g/mol. The van der Waals surface area contributed by atoms with Crippen LogP contribution in [0.1, 0.15) is 15.2 Å². The summed E-state index contributed by atoms with van der Waals surface area (Å²) >= 11 is 1.52. The molecule has 2 fully saturated rings. The molecule has 1 unspecified atom stereocenters. The average molecular weight is 368 g/mol. The Morgan fingerprint density at radius 1 is 1.32 bits per heavy atom. The number of carbonyl (C=O) groups is 1. The quantitative estimate of drug-likeness (QED) is 0.799. The van der Waals surface area contributed by atoms with Crippen LogP contribution in [0.4, 0.5) is 0 Å². The Balaban J connectivity index is 1.68. The second-order valence-corrected chi connectivity index (χ2v) is 8.29. The molecule has 1 aromatic rings. The van der Waals surface area contributed by atoms with E-state index in [1.165, 1.54) is 11.3 Å². The van der Waals surface area contributed by atoms with Gasteiger partial charge in [0.1, 0.15) is 5.60 Å². The molecule has 0 N–H and O–H groups in total. The molecule has 0 aliphatic carbocycles. The number of nitrogens with zero attached hydrogens (tertiary/aromatic N) is 3. The van der Waals surface area contributed by atoms with Crippen LogP contribution in [0.15, 0.2) is 11.4 Å². The number of amides is 1. The molecule has 140 valence electrons. The molecule has 1 atom stereocenters. The molecule has 1 amide bonds. The van der Waals surface area contributed by atoms with Crippen molar-refractivity contribution < 1.29 is 14.3 Å². The largest absolute Gasteiger partial charge is 0.377 e. The van der Waals surface area contributed by atoms with Gasteiger partial charge in [-0.2, -0.15) is 0 Å². The SMILES string of the molecule is Cc1csc(C(=O)N2CCOC3(COCCN(CCN(C)C)C3)C2)c1. The summed E-state index contributed by atoms with van der Waals surface area (Å²) in [6, 6.07) is 1.97. The van der Waals surface area contributed by atoms with Crippen molar-refractivity contribution in [1.82, 2.24) is 14.7 Å². The van der Waals surface area contributed by atoms with Gasteiger partial charge in [-0.3, -0.25) is 9.69 Å². The molecular formula is C18H29N3O3S. The molecule has 6 nitrogen and oxygen atoms in total. The van der Waals surface area contributed by atoms with Crippen molar-refractivity contribution >= 4 is 17.2 Å². The van der Waals surface area contributed by atoms with E-state index in [-0.39, 0.29) is 5.91 Å². The summed E-state index contributed by atoms with van der Waals surface area (Å²) in [5, 5.41) is 2.03. The van der Waals surface area contributed by atoms with Crippen molar-refractivity contribution in [1.29, 1.82) is 0 Å². The minimum Gasteiger partial charge on any atom is -0.377 e. The van der Waals surface area contributed by atoms with Crippen molar-refractivity contribution in [3.63, 3.8) is 0 Å². The molecule has 2 aliphatic rings. The van der Waals surface area contributed by atoms with E-state index in [4.69, 9.17) is 9.47 Å². The first-order valence-electron chi connectivity index (χ1n) is 8.91. The fraction of sp³-hybridized carbons (Fsp3) is 0.722. The van der Waals surface area contributed by atoms with Gasteiger partial charge in [0.25, 0.3) is 5.91 Å². The van der Waals surface area contributed by atoms with E-state index < -0.39 is 5.60 Å². The number of ether oxygens (including phenoxy) is 2. The number of morpholine rings is 1. The third kappa shape index (κ3) is 4.80. The van der Waals surface area contributed by atoms with Crippen LogP contribution >= 0.6 is 11.3 Å². The summed E-state index contributed by atoms with van der Waals surface area (Å²) in [7, 11) is 4.18. The highest BCUT2D eigenvalue weighted by molar-refractivity contribution is 7.12. The Hall–Kier alpha value is -0.990. The highest BCUT2D eigenvalue weighted by atomic mass is 32.1. The number of thiophene rings is 1. The maximum atomic E-state index is 12.8. The van der Waals surface area contributed by atoms with Crippen molar-refractivity contribution in [3.05, 3.63) is 21.9 Å². The molecule has 0 bridgehead atoms. The number of hydrogen-bond acceptors (Lipinski definition) is 6. The van der Waals surface area contributed by atoms with Gasteiger partial charge in [-0.1, -0.05) is 0 Å². The van der Waals surface area contributed by atoms with Gasteiger partial charge < -0.3 is 19.3 Å². The molecule has 25 heavy (non-hydrogen) atoms. The second kappa shape index (κ2) is 8.14. The summed E-state index contributed by atoms with van der Waals surface area (Å²) in [5.74, 6) is 0.116. The normalized spacial score (nSPS) is 25.5. The van der Waals surface area contributed by atoms with Gasteiger partial charge in [0, 0.05) is 32.7 Å². The van der Waals surface area contributed by atoms with E-state index in [9.17, 15) is 4.79 Å². The van der Waals surface area contributed by atoms with Crippen LogP contribution < -0.4 is 0 Å². The Morgan fingerprint density at radius 2 is 2.16 bits per heavy atom. The predicted octanol–water partition coefficient (Wildman–Crippen LogP) is 1.16. The van der Waals surface area contributed by atoms with Crippen LogP contribution in [0.2, 0.25) is 0 Å². The lowest BCUT2D eigenvalue weighted by atomic mass is 10.0. The standard InChI is InChI=1S/C18H29N3O3S/c1-15-10-16(25-11-15)17(22)21-7-9-24-18(13-21)12-20(5-4-19(2)3)6-8-23-14-18/h10-11H,4-9,12-14H2,1-3H3. The number of aryl methyl sites for hydroxylation is 1. The Bertz CT molecular complexity index is 592. The van der Waals surface area contributed by atoms with E-state index in [2.05, 4.69) is 23.9 Å². The number of carbonyl (C=O) groups excluding carboxylic acids is 1. The Kier molecular flexibility index (Phi) is 6.12. The number of likely N-dealkylation sites (N-methyl/N-ethyl adjacent to an activating group) is 1. The Labute approximate surface area is 154 Å². The lowest BCUT2D eigenvalue weighted by Gasteiger charge is -2.43.